The van der Waals surface area contributed by atoms with Gasteiger partial charge in [-0.1, -0.05) is 12.2 Å². The number of carbonyl (C=O) groups excluding carboxylic acids is 1. The van der Waals surface area contributed by atoms with E-state index in [2.05, 4.69) is 5.43 Å². The zero-order chi connectivity index (χ0) is 12.5. The quantitative estimate of drug-likeness (QED) is 0.295. The number of Topliss-reactive ketones (excluding diaryl/α,β-unsaturated/α-hetero) is 1. The van der Waals surface area contributed by atoms with Crippen LogP contribution in [0.1, 0.15) is 6.92 Å². The number of hydrazine groups is 1. The molecule has 0 aromatic heterocycles. The highest BCUT2D eigenvalue weighted by Gasteiger charge is 2.36. The molecule has 1 aliphatic heterocycles. The number of allylic oxidation sites excluding steroid dienone is 1. The van der Waals surface area contributed by atoms with Crippen LogP contribution in [0.15, 0.2) is 11.4 Å². The SMILES string of the molecule is CC1=C(NN)C(C(=S)N(C)C)C(=O)C=[N+]1C. The van der Waals surface area contributed by atoms with Crippen molar-refractivity contribution in [2.45, 2.75) is 6.92 Å². The highest BCUT2D eigenvalue weighted by atomic mass is 32.1. The standard InChI is InChI=1S/C10H16N4OS/c1-6-9(12-11)8(10(16)13(2)3)7(15)5-14(6)4/h5,8,11,15H,1-4H3/p+1. The van der Waals surface area contributed by atoms with Crippen LogP contribution in [0.4, 0.5) is 0 Å². The van der Waals surface area contributed by atoms with E-state index in [-0.39, 0.29) is 5.78 Å². The van der Waals surface area contributed by atoms with Gasteiger partial charge in [-0.2, -0.15) is 0 Å². The van der Waals surface area contributed by atoms with Gasteiger partial charge in [-0.3, -0.25) is 10.6 Å². The van der Waals surface area contributed by atoms with Crippen LogP contribution >= 0.6 is 12.2 Å². The van der Waals surface area contributed by atoms with Gasteiger partial charge in [-0.15, -0.1) is 0 Å². The Morgan fingerprint density at radius 3 is 2.62 bits per heavy atom. The number of rotatable bonds is 2. The maximum Gasteiger partial charge on any atom is 0.234 e. The second kappa shape index (κ2) is 4.71. The van der Waals surface area contributed by atoms with Crippen molar-refractivity contribution in [3.05, 3.63) is 11.4 Å². The lowest BCUT2D eigenvalue weighted by atomic mass is 9.96. The molecule has 0 fully saturated rings. The number of nitrogens with zero attached hydrogens (tertiary/aromatic N) is 2. The predicted molar refractivity (Wildman–Crippen MR) is 67.1 cm³/mol. The van der Waals surface area contributed by atoms with Crippen molar-refractivity contribution in [3.8, 4) is 0 Å². The molecule has 1 rings (SSSR count). The Morgan fingerprint density at radius 1 is 1.62 bits per heavy atom. The molecule has 88 valence electrons. The van der Waals surface area contributed by atoms with E-state index in [0.717, 1.165) is 5.70 Å². The van der Waals surface area contributed by atoms with Crippen LogP contribution in [-0.4, -0.2) is 47.6 Å². The first-order valence-electron chi connectivity index (χ1n) is 4.90. The number of nitrogens with one attached hydrogen (secondary N) is 1. The van der Waals surface area contributed by atoms with Gasteiger partial charge in [0, 0.05) is 21.0 Å². The van der Waals surface area contributed by atoms with Crippen LogP contribution in [0.5, 0.6) is 0 Å². The lowest BCUT2D eigenvalue weighted by molar-refractivity contribution is -0.440. The van der Waals surface area contributed by atoms with E-state index in [0.29, 0.717) is 10.7 Å². The number of ketones is 1. The van der Waals surface area contributed by atoms with Gasteiger partial charge in [0.1, 0.15) is 18.7 Å². The second-order valence-corrected chi connectivity index (χ2v) is 4.37. The van der Waals surface area contributed by atoms with E-state index >= 15 is 0 Å². The van der Waals surface area contributed by atoms with E-state index in [1.54, 1.807) is 16.5 Å². The Labute approximate surface area is 101 Å². The Kier molecular flexibility index (Phi) is 3.77. The van der Waals surface area contributed by atoms with E-state index in [4.69, 9.17) is 18.1 Å². The van der Waals surface area contributed by atoms with Gasteiger partial charge in [0.15, 0.2) is 5.70 Å². The van der Waals surface area contributed by atoms with Gasteiger partial charge in [-0.05, 0) is 0 Å². The summed E-state index contributed by atoms with van der Waals surface area (Å²) in [7, 11) is 5.44. The zero-order valence-electron chi connectivity index (χ0n) is 9.94. The van der Waals surface area contributed by atoms with Crippen LogP contribution in [0.2, 0.25) is 0 Å². The summed E-state index contributed by atoms with van der Waals surface area (Å²) >= 11 is 5.25. The topological polar surface area (TPSA) is 61.4 Å². The lowest BCUT2D eigenvalue weighted by Crippen LogP contribution is -2.45. The number of thiocarbonyl (C=S) groups is 1. The number of carbonyl (C=O) groups is 1. The van der Waals surface area contributed by atoms with E-state index in [1.165, 1.54) is 6.21 Å². The van der Waals surface area contributed by atoms with Gasteiger partial charge in [0.05, 0.1) is 4.99 Å². The molecule has 0 aliphatic carbocycles. The monoisotopic (exact) mass is 241 g/mol. The fourth-order valence-electron chi connectivity index (χ4n) is 1.59. The first kappa shape index (κ1) is 12.8. The summed E-state index contributed by atoms with van der Waals surface area (Å²) in [6, 6.07) is 0. The maximum atomic E-state index is 11.9. The molecule has 0 amide bonds. The molecule has 0 radical (unpaired) electrons. The molecule has 0 spiro atoms. The molecule has 0 saturated carbocycles. The average molecular weight is 241 g/mol. The van der Waals surface area contributed by atoms with Gasteiger partial charge in [-0.25, -0.2) is 4.58 Å². The third-order valence-electron chi connectivity index (χ3n) is 2.66. The average Bonchev–Trinajstić information content (AvgIpc) is 2.21. The van der Waals surface area contributed by atoms with Gasteiger partial charge in [0.25, 0.3) is 0 Å². The third-order valence-corrected chi connectivity index (χ3v) is 3.26. The summed E-state index contributed by atoms with van der Waals surface area (Å²) < 4.78 is 1.74. The first-order valence-corrected chi connectivity index (χ1v) is 5.31. The van der Waals surface area contributed by atoms with Crippen LogP contribution < -0.4 is 11.3 Å². The van der Waals surface area contributed by atoms with Crippen LogP contribution in [0, 0.1) is 5.92 Å². The molecular weight excluding hydrogens is 224 g/mol. The second-order valence-electron chi connectivity index (χ2n) is 3.95. The smallest absolute Gasteiger partial charge is 0.234 e. The normalized spacial score (nSPS) is 20.7. The fourth-order valence-corrected chi connectivity index (χ4v) is 1.83. The Morgan fingerprint density at radius 2 is 2.19 bits per heavy atom. The minimum absolute atomic E-state index is 0.0558. The van der Waals surface area contributed by atoms with Gasteiger partial charge < -0.3 is 10.3 Å². The predicted octanol–water partition coefficient (Wildman–Crippen LogP) is -0.518. The summed E-state index contributed by atoms with van der Waals surface area (Å²) in [5.41, 5.74) is 4.14. The molecule has 3 N–H and O–H groups in total. The van der Waals surface area contributed by atoms with Crippen molar-refractivity contribution in [3.63, 3.8) is 0 Å². The fraction of sp³-hybridized carbons (Fsp3) is 0.500. The van der Waals surface area contributed by atoms with Crippen molar-refractivity contribution < 1.29 is 9.37 Å². The van der Waals surface area contributed by atoms with Crippen molar-refractivity contribution in [1.29, 1.82) is 0 Å². The third kappa shape index (κ3) is 2.12. The lowest BCUT2D eigenvalue weighted by Gasteiger charge is -2.25. The van der Waals surface area contributed by atoms with Gasteiger partial charge >= 0.3 is 0 Å². The summed E-state index contributed by atoms with van der Waals surface area (Å²) in [5.74, 6) is 4.93. The number of hydrogen-bond donors (Lipinski definition) is 2. The molecular formula is C10H17N4OS+. The van der Waals surface area contributed by atoms with E-state index < -0.39 is 5.92 Å². The molecule has 16 heavy (non-hydrogen) atoms. The minimum atomic E-state index is -0.480. The van der Waals surface area contributed by atoms with Crippen LogP contribution in [0.3, 0.4) is 0 Å². The number of hydrogen-bond acceptors (Lipinski definition) is 4. The molecule has 0 bridgehead atoms. The molecule has 0 aromatic rings. The largest absolute Gasteiger partial charge is 0.371 e. The van der Waals surface area contributed by atoms with Crippen molar-refractivity contribution in [2.75, 3.05) is 21.1 Å². The summed E-state index contributed by atoms with van der Waals surface area (Å²) in [5, 5.41) is 0. The van der Waals surface area contributed by atoms with Crippen LogP contribution in [-0.2, 0) is 4.79 Å². The summed E-state index contributed by atoms with van der Waals surface area (Å²) in [6.45, 7) is 1.89. The first-order chi connectivity index (χ1) is 7.40. The maximum absolute atomic E-state index is 11.9. The summed E-state index contributed by atoms with van der Waals surface area (Å²) in [6.07, 6.45) is 1.54. The molecule has 6 heteroatoms. The Bertz CT molecular complexity index is 398. The van der Waals surface area contributed by atoms with Crippen LogP contribution in [0.25, 0.3) is 0 Å². The molecule has 1 heterocycles. The highest BCUT2D eigenvalue weighted by molar-refractivity contribution is 7.80. The molecule has 1 atom stereocenters. The zero-order valence-corrected chi connectivity index (χ0v) is 10.8. The van der Waals surface area contributed by atoms with Crippen molar-refractivity contribution in [2.24, 2.45) is 11.8 Å². The minimum Gasteiger partial charge on any atom is -0.371 e. The number of nitrogens with two attached hydrogens (primary N) is 1. The molecule has 5 nitrogen and oxygen atoms in total. The van der Waals surface area contributed by atoms with E-state index in [1.807, 2.05) is 21.0 Å². The molecule has 0 aromatic carbocycles. The highest BCUT2D eigenvalue weighted by Crippen LogP contribution is 2.20. The Hall–Kier alpha value is -1.27. The van der Waals surface area contributed by atoms with E-state index in [9.17, 15) is 4.79 Å². The van der Waals surface area contributed by atoms with Crippen molar-refractivity contribution >= 4 is 29.2 Å². The summed E-state index contributed by atoms with van der Waals surface area (Å²) in [4.78, 5) is 14.2. The molecule has 1 aliphatic rings. The molecule has 1 unspecified atom stereocenters. The Balaban J connectivity index is 3.20. The molecule has 0 saturated heterocycles. The van der Waals surface area contributed by atoms with Gasteiger partial charge in [0.2, 0.25) is 12.0 Å². The van der Waals surface area contributed by atoms with Crippen molar-refractivity contribution in [1.82, 2.24) is 10.3 Å².